The molecule has 2 saturated heterocycles. The van der Waals surface area contributed by atoms with Gasteiger partial charge in [0, 0.05) is 38.0 Å². The first-order chi connectivity index (χ1) is 12.2. The van der Waals surface area contributed by atoms with E-state index in [4.69, 9.17) is 4.74 Å². The first-order valence-corrected chi connectivity index (χ1v) is 9.33. The van der Waals surface area contributed by atoms with Crippen LogP contribution in [0.25, 0.3) is 0 Å². The molecule has 0 atom stereocenters. The van der Waals surface area contributed by atoms with Crippen molar-refractivity contribution < 1.29 is 4.74 Å². The molecule has 0 N–H and O–H groups in total. The van der Waals surface area contributed by atoms with Crippen molar-refractivity contribution in [1.82, 2.24) is 9.80 Å². The van der Waals surface area contributed by atoms with Crippen LogP contribution >= 0.6 is 0 Å². The van der Waals surface area contributed by atoms with E-state index in [9.17, 15) is 0 Å². The second-order valence-corrected chi connectivity index (χ2v) is 7.76. The fourth-order valence-corrected chi connectivity index (χ4v) is 4.65. The number of hydrogen-bond donors (Lipinski definition) is 0. The van der Waals surface area contributed by atoms with Gasteiger partial charge in [0.25, 0.3) is 0 Å². The molecule has 0 spiro atoms. The third kappa shape index (κ3) is 3.64. The fourth-order valence-electron chi connectivity index (χ4n) is 4.65. The maximum atomic E-state index is 6.87. The highest BCUT2D eigenvalue weighted by Gasteiger charge is 2.42. The molecule has 4 rings (SSSR count). The molecular weight excluding hydrogens is 308 g/mol. The molecule has 0 unspecified atom stereocenters. The van der Waals surface area contributed by atoms with Crippen LogP contribution in [0, 0.1) is 11.8 Å². The summed E-state index contributed by atoms with van der Waals surface area (Å²) in [6.45, 7) is 4.51. The molecule has 2 aromatic rings. The maximum Gasteiger partial charge on any atom is 0.108 e. The number of piperidine rings is 2. The van der Waals surface area contributed by atoms with Crippen LogP contribution in [0.15, 0.2) is 60.7 Å². The van der Waals surface area contributed by atoms with Gasteiger partial charge in [-0.2, -0.15) is 0 Å². The Morgan fingerprint density at radius 3 is 1.52 bits per heavy atom. The number of fused-ring (bicyclic) bond motifs is 2. The van der Waals surface area contributed by atoms with Gasteiger partial charge in [0.15, 0.2) is 0 Å². The highest BCUT2D eigenvalue weighted by Crippen LogP contribution is 2.36. The van der Waals surface area contributed by atoms with Crippen molar-refractivity contribution in [3.63, 3.8) is 0 Å². The molecule has 25 heavy (non-hydrogen) atoms. The normalized spacial score (nSPS) is 27.6. The van der Waals surface area contributed by atoms with Crippen molar-refractivity contribution in [2.75, 3.05) is 40.3 Å². The average molecular weight is 336 g/mol. The standard InChI is InChI=1S/C22H28N2O/c1-23-13-19-15-24(2)16-20(14-23)22(19)25-21(17-9-5-3-6-10-17)18-11-7-4-8-12-18/h3-12,19-22H,13-16H2,1-2H3. The van der Waals surface area contributed by atoms with E-state index in [1.165, 1.54) is 11.1 Å². The Labute approximate surface area is 151 Å². The van der Waals surface area contributed by atoms with Crippen LogP contribution in [0.5, 0.6) is 0 Å². The average Bonchev–Trinajstić information content (AvgIpc) is 2.61. The number of nitrogens with zero attached hydrogens (tertiary/aromatic N) is 2. The van der Waals surface area contributed by atoms with E-state index < -0.39 is 0 Å². The minimum absolute atomic E-state index is 0.0178. The van der Waals surface area contributed by atoms with Crippen LogP contribution in [0.4, 0.5) is 0 Å². The van der Waals surface area contributed by atoms with Crippen LogP contribution in [-0.4, -0.2) is 56.2 Å². The Kier molecular flexibility index (Phi) is 4.89. The topological polar surface area (TPSA) is 15.7 Å². The van der Waals surface area contributed by atoms with Crippen molar-refractivity contribution in [2.24, 2.45) is 11.8 Å². The number of likely N-dealkylation sites (tertiary alicyclic amines) is 2. The summed E-state index contributed by atoms with van der Waals surface area (Å²) >= 11 is 0. The summed E-state index contributed by atoms with van der Waals surface area (Å²) in [6.07, 6.45) is 0.349. The van der Waals surface area contributed by atoms with Gasteiger partial charge in [-0.25, -0.2) is 0 Å². The van der Waals surface area contributed by atoms with E-state index in [1.54, 1.807) is 0 Å². The van der Waals surface area contributed by atoms with E-state index in [2.05, 4.69) is 84.6 Å². The first-order valence-electron chi connectivity index (χ1n) is 9.33. The minimum Gasteiger partial charge on any atom is -0.365 e. The summed E-state index contributed by atoms with van der Waals surface area (Å²) < 4.78 is 6.87. The van der Waals surface area contributed by atoms with Gasteiger partial charge in [0.2, 0.25) is 0 Å². The fraction of sp³-hybridized carbons (Fsp3) is 0.455. The van der Waals surface area contributed by atoms with E-state index in [1.807, 2.05) is 0 Å². The van der Waals surface area contributed by atoms with Crippen LogP contribution in [0.3, 0.4) is 0 Å². The molecule has 0 radical (unpaired) electrons. The SMILES string of the molecule is CN1CC2CN(C)CC(C1)C2OC(c1ccccc1)c1ccccc1. The molecule has 0 amide bonds. The Morgan fingerprint density at radius 1 is 0.720 bits per heavy atom. The largest absolute Gasteiger partial charge is 0.365 e. The highest BCUT2D eigenvalue weighted by molar-refractivity contribution is 5.30. The van der Waals surface area contributed by atoms with Crippen molar-refractivity contribution in [3.8, 4) is 0 Å². The lowest BCUT2D eigenvalue weighted by molar-refractivity contribution is -0.125. The van der Waals surface area contributed by atoms with Crippen molar-refractivity contribution in [3.05, 3.63) is 71.8 Å². The zero-order chi connectivity index (χ0) is 17.2. The Morgan fingerprint density at radius 2 is 1.12 bits per heavy atom. The second kappa shape index (κ2) is 7.28. The lowest BCUT2D eigenvalue weighted by Crippen LogP contribution is -2.59. The van der Waals surface area contributed by atoms with Crippen molar-refractivity contribution in [2.45, 2.75) is 12.2 Å². The van der Waals surface area contributed by atoms with Gasteiger partial charge >= 0.3 is 0 Å². The van der Waals surface area contributed by atoms with Gasteiger partial charge in [-0.3, -0.25) is 0 Å². The molecule has 3 nitrogen and oxygen atoms in total. The Balaban J connectivity index is 1.63. The third-order valence-corrected chi connectivity index (χ3v) is 5.61. The van der Waals surface area contributed by atoms with E-state index in [-0.39, 0.29) is 6.10 Å². The van der Waals surface area contributed by atoms with Gasteiger partial charge in [0.05, 0.1) is 6.10 Å². The van der Waals surface area contributed by atoms with Gasteiger partial charge in [-0.15, -0.1) is 0 Å². The molecule has 2 fully saturated rings. The summed E-state index contributed by atoms with van der Waals surface area (Å²) in [5.41, 5.74) is 2.50. The van der Waals surface area contributed by atoms with E-state index in [0.29, 0.717) is 17.9 Å². The highest BCUT2D eigenvalue weighted by atomic mass is 16.5. The lowest BCUT2D eigenvalue weighted by atomic mass is 9.81. The Bertz CT molecular complexity index is 605. The lowest BCUT2D eigenvalue weighted by Gasteiger charge is -2.49. The molecule has 2 aliphatic heterocycles. The summed E-state index contributed by atoms with van der Waals surface area (Å²) in [7, 11) is 4.49. The summed E-state index contributed by atoms with van der Waals surface area (Å²) in [6, 6.07) is 21.3. The predicted octanol–water partition coefficient (Wildman–Crippen LogP) is 3.28. The number of rotatable bonds is 4. The van der Waals surface area contributed by atoms with E-state index in [0.717, 1.165) is 26.2 Å². The molecule has 2 bridgehead atoms. The van der Waals surface area contributed by atoms with Gasteiger partial charge in [0.1, 0.15) is 6.10 Å². The van der Waals surface area contributed by atoms with Gasteiger partial charge in [-0.05, 0) is 25.2 Å². The summed E-state index contributed by atoms with van der Waals surface area (Å²) in [5.74, 6) is 1.16. The molecule has 0 aromatic heterocycles. The second-order valence-electron chi connectivity index (χ2n) is 7.76. The predicted molar refractivity (Wildman–Crippen MR) is 102 cm³/mol. The monoisotopic (exact) mass is 336 g/mol. The van der Waals surface area contributed by atoms with Crippen LogP contribution < -0.4 is 0 Å². The van der Waals surface area contributed by atoms with E-state index >= 15 is 0 Å². The molecule has 3 heteroatoms. The molecule has 2 heterocycles. The zero-order valence-corrected chi connectivity index (χ0v) is 15.2. The minimum atomic E-state index is 0.0178. The molecule has 2 aromatic carbocycles. The number of hydrogen-bond acceptors (Lipinski definition) is 3. The molecule has 0 saturated carbocycles. The van der Waals surface area contributed by atoms with Crippen LogP contribution in [0.1, 0.15) is 17.2 Å². The molecule has 2 aliphatic rings. The number of benzene rings is 2. The molecular formula is C22H28N2O. The van der Waals surface area contributed by atoms with Crippen LogP contribution in [0.2, 0.25) is 0 Å². The Hall–Kier alpha value is -1.68. The van der Waals surface area contributed by atoms with Crippen molar-refractivity contribution in [1.29, 1.82) is 0 Å². The summed E-state index contributed by atoms with van der Waals surface area (Å²) in [5, 5.41) is 0. The van der Waals surface area contributed by atoms with Crippen LogP contribution in [-0.2, 0) is 4.74 Å². The molecule has 132 valence electrons. The zero-order valence-electron chi connectivity index (χ0n) is 15.2. The van der Waals surface area contributed by atoms with Gasteiger partial charge < -0.3 is 14.5 Å². The summed E-state index contributed by atoms with van der Waals surface area (Å²) in [4.78, 5) is 4.95. The smallest absolute Gasteiger partial charge is 0.108 e. The molecule has 0 aliphatic carbocycles. The van der Waals surface area contributed by atoms with Crippen molar-refractivity contribution >= 4 is 0 Å². The van der Waals surface area contributed by atoms with Gasteiger partial charge in [-0.1, -0.05) is 60.7 Å². The first kappa shape index (κ1) is 16.8. The quantitative estimate of drug-likeness (QED) is 0.852. The maximum absolute atomic E-state index is 6.87. The number of ether oxygens (including phenoxy) is 1. The third-order valence-electron chi connectivity index (χ3n) is 5.61.